The van der Waals surface area contributed by atoms with E-state index < -0.39 is 0 Å². The van der Waals surface area contributed by atoms with Crippen molar-refractivity contribution in [2.75, 3.05) is 11.1 Å². The number of anilines is 2. The molecule has 0 aliphatic heterocycles. The minimum atomic E-state index is -0.208. The first-order chi connectivity index (χ1) is 8.90. The van der Waals surface area contributed by atoms with Gasteiger partial charge in [0.1, 0.15) is 5.69 Å². The van der Waals surface area contributed by atoms with Gasteiger partial charge in [-0.2, -0.15) is 5.10 Å². The summed E-state index contributed by atoms with van der Waals surface area (Å²) in [5.74, 6) is 0.345. The summed E-state index contributed by atoms with van der Waals surface area (Å²) >= 11 is 0. The Morgan fingerprint density at radius 2 is 2.16 bits per heavy atom. The molecule has 19 heavy (non-hydrogen) atoms. The highest BCUT2D eigenvalue weighted by Crippen LogP contribution is 2.19. The molecule has 4 N–H and O–H groups in total. The SMILES string of the molecule is Cc1[nH]nc(NC(=O)c2cc(N)cn2C(C)C)c1C. The summed E-state index contributed by atoms with van der Waals surface area (Å²) < 4.78 is 1.85. The second kappa shape index (κ2) is 4.79. The first kappa shape index (κ1) is 13.2. The molecule has 6 nitrogen and oxygen atoms in total. The van der Waals surface area contributed by atoms with Crippen molar-refractivity contribution >= 4 is 17.4 Å². The number of hydrogen-bond acceptors (Lipinski definition) is 3. The molecule has 0 aliphatic carbocycles. The van der Waals surface area contributed by atoms with Crippen LogP contribution in [0.1, 0.15) is 41.6 Å². The van der Waals surface area contributed by atoms with Crippen molar-refractivity contribution in [3.05, 3.63) is 29.2 Å². The van der Waals surface area contributed by atoms with Gasteiger partial charge in [0.2, 0.25) is 0 Å². The summed E-state index contributed by atoms with van der Waals surface area (Å²) in [4.78, 5) is 12.3. The molecule has 0 aromatic carbocycles. The molecule has 0 aliphatic rings. The lowest BCUT2D eigenvalue weighted by atomic mass is 10.2. The van der Waals surface area contributed by atoms with Crippen LogP contribution in [0.4, 0.5) is 11.5 Å². The van der Waals surface area contributed by atoms with E-state index in [2.05, 4.69) is 15.5 Å². The number of carbonyl (C=O) groups is 1. The third-order valence-electron chi connectivity index (χ3n) is 3.14. The topological polar surface area (TPSA) is 88.7 Å². The molecule has 0 bridgehead atoms. The Balaban J connectivity index is 2.28. The molecule has 102 valence electrons. The lowest BCUT2D eigenvalue weighted by Crippen LogP contribution is -2.18. The van der Waals surface area contributed by atoms with Gasteiger partial charge < -0.3 is 15.6 Å². The van der Waals surface area contributed by atoms with Crippen molar-refractivity contribution in [2.45, 2.75) is 33.7 Å². The number of nitrogens with two attached hydrogens (primary N) is 1. The number of nitrogens with one attached hydrogen (secondary N) is 2. The van der Waals surface area contributed by atoms with E-state index in [-0.39, 0.29) is 11.9 Å². The second-order valence-electron chi connectivity index (χ2n) is 4.94. The molecule has 0 radical (unpaired) electrons. The van der Waals surface area contributed by atoms with Crippen molar-refractivity contribution in [1.82, 2.24) is 14.8 Å². The summed E-state index contributed by atoms with van der Waals surface area (Å²) in [7, 11) is 0. The van der Waals surface area contributed by atoms with E-state index in [1.807, 2.05) is 32.3 Å². The highest BCUT2D eigenvalue weighted by Gasteiger charge is 2.17. The zero-order valence-corrected chi connectivity index (χ0v) is 11.6. The van der Waals surface area contributed by atoms with Crippen LogP contribution in [0.2, 0.25) is 0 Å². The number of nitrogens with zero attached hydrogens (tertiary/aromatic N) is 2. The van der Waals surface area contributed by atoms with E-state index in [9.17, 15) is 4.79 Å². The van der Waals surface area contributed by atoms with Crippen molar-refractivity contribution < 1.29 is 4.79 Å². The number of hydrogen-bond donors (Lipinski definition) is 3. The van der Waals surface area contributed by atoms with Crippen LogP contribution in [0.3, 0.4) is 0 Å². The van der Waals surface area contributed by atoms with Crippen LogP contribution in [0.15, 0.2) is 12.3 Å². The predicted molar refractivity (Wildman–Crippen MR) is 75.2 cm³/mol. The van der Waals surface area contributed by atoms with Crippen molar-refractivity contribution in [1.29, 1.82) is 0 Å². The quantitative estimate of drug-likeness (QED) is 0.791. The van der Waals surface area contributed by atoms with E-state index in [0.717, 1.165) is 11.3 Å². The van der Waals surface area contributed by atoms with Crippen LogP contribution in [-0.2, 0) is 0 Å². The molecule has 0 unspecified atom stereocenters. The van der Waals surface area contributed by atoms with Crippen LogP contribution in [-0.4, -0.2) is 20.7 Å². The van der Waals surface area contributed by atoms with Gasteiger partial charge in [-0.1, -0.05) is 0 Å². The molecule has 0 atom stereocenters. The van der Waals surface area contributed by atoms with Gasteiger partial charge in [0.15, 0.2) is 5.82 Å². The minimum Gasteiger partial charge on any atom is -0.397 e. The average molecular weight is 261 g/mol. The fraction of sp³-hybridized carbons (Fsp3) is 0.385. The molecule has 2 aromatic heterocycles. The normalized spacial score (nSPS) is 11.0. The molecule has 1 amide bonds. The Morgan fingerprint density at radius 3 is 2.68 bits per heavy atom. The third-order valence-corrected chi connectivity index (χ3v) is 3.14. The van der Waals surface area contributed by atoms with Crippen LogP contribution in [0.5, 0.6) is 0 Å². The first-order valence-corrected chi connectivity index (χ1v) is 6.20. The minimum absolute atomic E-state index is 0.167. The summed E-state index contributed by atoms with van der Waals surface area (Å²) in [6.07, 6.45) is 1.77. The summed E-state index contributed by atoms with van der Waals surface area (Å²) in [5.41, 5.74) is 8.75. The van der Waals surface area contributed by atoms with Gasteiger partial charge in [-0.15, -0.1) is 0 Å². The van der Waals surface area contributed by atoms with Crippen molar-refractivity contribution in [2.24, 2.45) is 0 Å². The number of aryl methyl sites for hydroxylation is 1. The third kappa shape index (κ3) is 2.47. The number of nitrogen functional groups attached to an aromatic ring is 1. The van der Waals surface area contributed by atoms with E-state index in [1.54, 1.807) is 12.3 Å². The maximum Gasteiger partial charge on any atom is 0.273 e. The molecule has 2 heterocycles. The molecule has 0 spiro atoms. The number of carbonyl (C=O) groups excluding carboxylic acids is 1. The molecule has 0 saturated carbocycles. The van der Waals surface area contributed by atoms with Gasteiger partial charge in [-0.3, -0.25) is 9.89 Å². The highest BCUT2D eigenvalue weighted by molar-refractivity contribution is 6.03. The van der Waals surface area contributed by atoms with Crippen LogP contribution in [0.25, 0.3) is 0 Å². The smallest absolute Gasteiger partial charge is 0.273 e. The summed E-state index contributed by atoms with van der Waals surface area (Å²) in [5, 5.41) is 9.70. The van der Waals surface area contributed by atoms with Crippen LogP contribution < -0.4 is 11.1 Å². The highest BCUT2D eigenvalue weighted by atomic mass is 16.2. The summed E-state index contributed by atoms with van der Waals surface area (Å²) in [6, 6.07) is 1.84. The molecule has 0 saturated heterocycles. The predicted octanol–water partition coefficient (Wildman–Crippen LogP) is 2.24. The van der Waals surface area contributed by atoms with Gasteiger partial charge >= 0.3 is 0 Å². The Morgan fingerprint density at radius 1 is 1.47 bits per heavy atom. The Labute approximate surface area is 112 Å². The van der Waals surface area contributed by atoms with Crippen molar-refractivity contribution in [3.8, 4) is 0 Å². The number of aromatic nitrogens is 3. The summed E-state index contributed by atoms with van der Waals surface area (Å²) in [6.45, 7) is 7.82. The molecule has 2 aromatic rings. The fourth-order valence-corrected chi connectivity index (χ4v) is 1.89. The van der Waals surface area contributed by atoms with Gasteiger partial charge in [-0.05, 0) is 33.8 Å². The largest absolute Gasteiger partial charge is 0.397 e. The molecule has 2 rings (SSSR count). The Hall–Kier alpha value is -2.24. The number of H-pyrrole nitrogens is 1. The Bertz CT molecular complexity index is 609. The van der Waals surface area contributed by atoms with Gasteiger partial charge in [-0.25, -0.2) is 0 Å². The molecule has 6 heteroatoms. The zero-order valence-electron chi connectivity index (χ0n) is 11.6. The second-order valence-corrected chi connectivity index (χ2v) is 4.94. The lowest BCUT2D eigenvalue weighted by molar-refractivity contribution is 0.101. The molecule has 0 fully saturated rings. The van der Waals surface area contributed by atoms with E-state index >= 15 is 0 Å². The molecular formula is C13H19N5O. The standard InChI is InChI=1S/C13H19N5O/c1-7(2)18-6-10(14)5-11(18)13(19)15-12-8(3)9(4)16-17-12/h5-7H,14H2,1-4H3,(H2,15,16,17,19). The maximum absolute atomic E-state index is 12.3. The van der Waals surface area contributed by atoms with Crippen LogP contribution in [0, 0.1) is 13.8 Å². The van der Waals surface area contributed by atoms with E-state index in [1.165, 1.54) is 0 Å². The van der Waals surface area contributed by atoms with Crippen LogP contribution >= 0.6 is 0 Å². The van der Waals surface area contributed by atoms with Gasteiger partial charge in [0.05, 0.1) is 5.69 Å². The Kier molecular flexibility index (Phi) is 3.33. The maximum atomic E-state index is 12.3. The number of amides is 1. The van der Waals surface area contributed by atoms with E-state index in [4.69, 9.17) is 5.73 Å². The average Bonchev–Trinajstić information content (AvgIpc) is 2.87. The van der Waals surface area contributed by atoms with Gasteiger partial charge in [0.25, 0.3) is 5.91 Å². The first-order valence-electron chi connectivity index (χ1n) is 6.20. The lowest BCUT2D eigenvalue weighted by Gasteiger charge is -2.12. The number of aromatic amines is 1. The number of rotatable bonds is 3. The van der Waals surface area contributed by atoms with E-state index in [0.29, 0.717) is 17.2 Å². The fourth-order valence-electron chi connectivity index (χ4n) is 1.89. The van der Waals surface area contributed by atoms with Gasteiger partial charge in [0, 0.05) is 23.5 Å². The molecular weight excluding hydrogens is 242 g/mol. The monoisotopic (exact) mass is 261 g/mol. The van der Waals surface area contributed by atoms with Crippen molar-refractivity contribution in [3.63, 3.8) is 0 Å². The zero-order chi connectivity index (χ0) is 14.2.